The van der Waals surface area contributed by atoms with Crippen molar-refractivity contribution >= 4 is 41.1 Å². The average molecular weight is 406 g/mol. The van der Waals surface area contributed by atoms with E-state index in [1.54, 1.807) is 15.3 Å². The van der Waals surface area contributed by atoms with Crippen molar-refractivity contribution in [3.8, 4) is 11.1 Å². The van der Waals surface area contributed by atoms with Crippen LogP contribution in [0, 0.1) is 6.92 Å². The van der Waals surface area contributed by atoms with Crippen LogP contribution in [0.5, 0.6) is 0 Å². The molecule has 0 saturated carbocycles. The number of H-pyrrole nitrogens is 1. The summed E-state index contributed by atoms with van der Waals surface area (Å²) in [6.45, 7) is 6.87. The Bertz CT molecular complexity index is 1250. The molecule has 0 saturated heterocycles. The number of fused-ring (bicyclic) bond motifs is 1. The lowest BCUT2D eigenvalue weighted by molar-refractivity contribution is -0.435. The van der Waals surface area contributed by atoms with Gasteiger partial charge in [-0.25, -0.2) is 9.78 Å². The van der Waals surface area contributed by atoms with Crippen molar-refractivity contribution < 1.29 is 9.48 Å². The third-order valence-electron chi connectivity index (χ3n) is 4.96. The van der Waals surface area contributed by atoms with E-state index in [4.69, 9.17) is 0 Å². The van der Waals surface area contributed by atoms with Crippen LogP contribution in [0.25, 0.3) is 22.2 Å². The summed E-state index contributed by atoms with van der Waals surface area (Å²) in [7, 11) is 0. The highest BCUT2D eigenvalue weighted by Crippen LogP contribution is 2.32. The van der Waals surface area contributed by atoms with Crippen molar-refractivity contribution in [2.24, 2.45) is 5.10 Å². The van der Waals surface area contributed by atoms with Gasteiger partial charge < -0.3 is 14.9 Å². The number of amides is 2. The number of aromatic amines is 1. The van der Waals surface area contributed by atoms with Crippen molar-refractivity contribution in [3.05, 3.63) is 40.3 Å². The van der Waals surface area contributed by atoms with E-state index in [-0.39, 0.29) is 11.6 Å². The fourth-order valence-electron chi connectivity index (χ4n) is 3.60. The highest BCUT2D eigenvalue weighted by atomic mass is 16.2. The first kappa shape index (κ1) is 19.6. The van der Waals surface area contributed by atoms with Gasteiger partial charge in [-0.2, -0.15) is 0 Å². The number of carbonyl (C=O) groups excluding carboxylic acids is 1. The molecule has 0 aliphatic carbocycles. The maximum atomic E-state index is 12.5. The predicted octanol–water partition coefficient (Wildman–Crippen LogP) is 2.97. The largest absolute Gasteiger partial charge is 0.338 e. The third kappa shape index (κ3) is 3.61. The molecule has 4 rings (SSSR count). The van der Waals surface area contributed by atoms with Crippen LogP contribution in [0.3, 0.4) is 0 Å². The van der Waals surface area contributed by atoms with E-state index in [0.717, 1.165) is 34.4 Å². The number of hydrogen-bond acceptors (Lipinski definition) is 4. The standard InChI is InChI=1S/C21H23N7O2/c1-4-22-21(30)26-20-24-16-10-15(14-9-13(3)27(5-2)18(29)12-14)11-17(19(16)25-20)28-8-6-7-23-28/h7-12H,4-6H2,1-3H3,(H2-,22,24,25,26,29,30)/p+1. The molecule has 0 unspecified atom stereocenters. The van der Waals surface area contributed by atoms with Crippen LogP contribution in [0.4, 0.5) is 16.4 Å². The fraction of sp³-hybridized carbons (Fsp3) is 0.286. The molecule has 3 heterocycles. The lowest BCUT2D eigenvalue weighted by Crippen LogP contribution is -2.28. The van der Waals surface area contributed by atoms with Crippen LogP contribution >= 0.6 is 0 Å². The van der Waals surface area contributed by atoms with E-state index in [2.05, 4.69) is 25.7 Å². The van der Waals surface area contributed by atoms with Crippen molar-refractivity contribution in [3.63, 3.8) is 0 Å². The summed E-state index contributed by atoms with van der Waals surface area (Å²) in [5, 5.41) is 9.77. The number of hydrazone groups is 1. The van der Waals surface area contributed by atoms with Crippen molar-refractivity contribution in [2.75, 3.05) is 11.9 Å². The second kappa shape index (κ2) is 7.94. The number of imidazole rings is 1. The van der Waals surface area contributed by atoms with Gasteiger partial charge in [0.15, 0.2) is 11.7 Å². The monoisotopic (exact) mass is 406 g/mol. The number of hydrogen-bond donors (Lipinski definition) is 3. The van der Waals surface area contributed by atoms with Crippen LogP contribution in [-0.2, 0) is 6.54 Å². The number of pyridine rings is 1. The normalized spacial score (nSPS) is 13.0. The number of benzene rings is 1. The highest BCUT2D eigenvalue weighted by Gasteiger charge is 2.22. The van der Waals surface area contributed by atoms with Crippen LogP contribution in [0.15, 0.2) is 34.2 Å². The molecule has 0 spiro atoms. The van der Waals surface area contributed by atoms with E-state index < -0.39 is 0 Å². The molecule has 2 amide bonds. The van der Waals surface area contributed by atoms with Gasteiger partial charge in [-0.3, -0.25) is 10.1 Å². The van der Waals surface area contributed by atoms with Gasteiger partial charge in [-0.1, -0.05) is 4.68 Å². The summed E-state index contributed by atoms with van der Waals surface area (Å²) in [6, 6.07) is 7.20. The van der Waals surface area contributed by atoms with Gasteiger partial charge in [0.25, 0.3) is 11.2 Å². The molecule has 30 heavy (non-hydrogen) atoms. The van der Waals surface area contributed by atoms with Crippen LogP contribution < -0.4 is 16.2 Å². The summed E-state index contributed by atoms with van der Waals surface area (Å²) in [5.74, 6) is 0.343. The zero-order valence-corrected chi connectivity index (χ0v) is 17.2. The Balaban J connectivity index is 1.86. The minimum atomic E-state index is -0.331. The first-order chi connectivity index (χ1) is 14.5. The average Bonchev–Trinajstić information content (AvgIpc) is 3.36. The third-order valence-corrected chi connectivity index (χ3v) is 4.96. The first-order valence-electron chi connectivity index (χ1n) is 9.95. The summed E-state index contributed by atoms with van der Waals surface area (Å²) in [4.78, 5) is 32.1. The molecule has 2 aromatic heterocycles. The minimum Gasteiger partial charge on any atom is -0.338 e. The van der Waals surface area contributed by atoms with Crippen molar-refractivity contribution in [1.82, 2.24) is 19.9 Å². The van der Waals surface area contributed by atoms with Crippen molar-refractivity contribution in [1.29, 1.82) is 0 Å². The van der Waals surface area contributed by atoms with Gasteiger partial charge in [0.1, 0.15) is 0 Å². The molecule has 1 aliphatic rings. The van der Waals surface area contributed by atoms with Crippen LogP contribution in [-0.4, -0.2) is 44.2 Å². The molecule has 0 atom stereocenters. The first-order valence-corrected chi connectivity index (χ1v) is 9.95. The number of urea groups is 1. The Morgan fingerprint density at radius 2 is 2.03 bits per heavy atom. The summed E-state index contributed by atoms with van der Waals surface area (Å²) < 4.78 is 3.49. The lowest BCUT2D eigenvalue weighted by atomic mass is 10.0. The molecular formula is C21H24N7O2+. The van der Waals surface area contributed by atoms with Gasteiger partial charge in [0, 0.05) is 30.9 Å². The van der Waals surface area contributed by atoms with Gasteiger partial charge in [-0.05, 0) is 49.1 Å². The molecule has 0 radical (unpaired) electrons. The number of aromatic nitrogens is 3. The quantitative estimate of drug-likeness (QED) is 0.567. The summed E-state index contributed by atoms with van der Waals surface area (Å²) in [5.41, 5.74) is 4.74. The number of anilines is 1. The maximum Gasteiger partial charge on any atom is 0.321 e. The molecule has 154 valence electrons. The number of aryl methyl sites for hydroxylation is 1. The molecule has 0 bridgehead atoms. The van der Waals surface area contributed by atoms with E-state index in [1.165, 1.54) is 0 Å². The van der Waals surface area contributed by atoms with Crippen LogP contribution in [0.1, 0.15) is 26.0 Å². The van der Waals surface area contributed by atoms with E-state index >= 15 is 0 Å². The molecule has 9 heteroatoms. The Morgan fingerprint density at radius 3 is 2.70 bits per heavy atom. The molecule has 1 aliphatic heterocycles. The van der Waals surface area contributed by atoms with Crippen LogP contribution in [0.2, 0.25) is 0 Å². The molecule has 3 N–H and O–H groups in total. The number of nitrogens with zero attached hydrogens (tertiary/aromatic N) is 4. The number of carbonyl (C=O) groups is 1. The molecule has 1 aromatic carbocycles. The Kier molecular flexibility index (Phi) is 5.18. The Hall–Kier alpha value is -3.75. The Labute approximate surface area is 173 Å². The topological polar surface area (TPSA) is 107 Å². The van der Waals surface area contributed by atoms with Crippen molar-refractivity contribution in [2.45, 2.75) is 33.7 Å². The summed E-state index contributed by atoms with van der Waals surface area (Å²) >= 11 is 0. The second-order valence-electron chi connectivity index (χ2n) is 6.99. The van der Waals surface area contributed by atoms with Gasteiger partial charge in [0.2, 0.25) is 5.95 Å². The zero-order chi connectivity index (χ0) is 21.3. The van der Waals surface area contributed by atoms with Gasteiger partial charge in [0.05, 0.1) is 18.2 Å². The number of nitrogens with one attached hydrogen (secondary N) is 3. The van der Waals surface area contributed by atoms with E-state index in [1.807, 2.05) is 51.4 Å². The molecule has 0 fully saturated rings. The van der Waals surface area contributed by atoms with E-state index in [9.17, 15) is 9.59 Å². The van der Waals surface area contributed by atoms with Gasteiger partial charge in [-0.15, -0.1) is 0 Å². The Morgan fingerprint density at radius 1 is 1.23 bits per heavy atom. The SMILES string of the molecule is CCNC(=O)Nc1nc2c([N+]3=CCC=N3)cc(-c3cc(C)n(CC)c(=O)c3)cc2[nH]1. The lowest BCUT2D eigenvalue weighted by Gasteiger charge is -2.09. The smallest absolute Gasteiger partial charge is 0.321 e. The molecule has 9 nitrogen and oxygen atoms in total. The minimum absolute atomic E-state index is 0.0388. The summed E-state index contributed by atoms with van der Waals surface area (Å²) in [6.07, 6.45) is 4.49. The number of rotatable bonds is 5. The zero-order valence-electron chi connectivity index (χ0n) is 17.2. The maximum absolute atomic E-state index is 12.5. The van der Waals surface area contributed by atoms with E-state index in [0.29, 0.717) is 24.6 Å². The van der Waals surface area contributed by atoms with Gasteiger partial charge >= 0.3 is 6.03 Å². The predicted molar refractivity (Wildman–Crippen MR) is 118 cm³/mol. The second-order valence-corrected chi connectivity index (χ2v) is 6.99. The highest BCUT2D eigenvalue weighted by molar-refractivity contribution is 5.95. The molecular weight excluding hydrogens is 382 g/mol. The fourth-order valence-corrected chi connectivity index (χ4v) is 3.60. The molecule has 3 aromatic rings.